The van der Waals surface area contributed by atoms with Crippen molar-refractivity contribution in [2.45, 2.75) is 57.6 Å². The Kier molecular flexibility index (Phi) is 6.77. The number of rotatable bonds is 6. The van der Waals surface area contributed by atoms with E-state index in [1.807, 2.05) is 7.05 Å². The van der Waals surface area contributed by atoms with Crippen molar-refractivity contribution in [3.63, 3.8) is 0 Å². The van der Waals surface area contributed by atoms with Crippen LogP contribution in [0.3, 0.4) is 0 Å². The molecule has 2 aliphatic heterocycles. The van der Waals surface area contributed by atoms with Gasteiger partial charge in [-0.1, -0.05) is 45.0 Å². The van der Waals surface area contributed by atoms with Gasteiger partial charge in [0.1, 0.15) is 0 Å². The normalized spacial score (nSPS) is 23.9. The van der Waals surface area contributed by atoms with E-state index in [2.05, 4.69) is 65.6 Å². The third kappa shape index (κ3) is 5.23. The molecule has 2 aliphatic rings. The molecule has 0 radical (unpaired) electrons. The molecule has 2 N–H and O–H groups in total. The van der Waals surface area contributed by atoms with Crippen molar-refractivity contribution in [3.8, 4) is 0 Å². The first-order chi connectivity index (χ1) is 13.0. The Morgan fingerprint density at radius 2 is 2.04 bits per heavy atom. The van der Waals surface area contributed by atoms with Crippen LogP contribution in [0.25, 0.3) is 0 Å². The fourth-order valence-corrected chi connectivity index (χ4v) is 4.04. The van der Waals surface area contributed by atoms with Crippen molar-refractivity contribution in [2.75, 3.05) is 39.8 Å². The lowest BCUT2D eigenvalue weighted by molar-refractivity contribution is -0.0453. The zero-order chi connectivity index (χ0) is 19.3. The van der Waals surface area contributed by atoms with Crippen LogP contribution in [0.4, 0.5) is 0 Å². The number of fused-ring (bicyclic) bond motifs is 1. The molecule has 3 rings (SSSR count). The number of benzene rings is 1. The number of morpholine rings is 1. The summed E-state index contributed by atoms with van der Waals surface area (Å²) < 4.78 is 6.04. The molecule has 5 heteroatoms. The van der Waals surface area contributed by atoms with E-state index in [0.717, 1.165) is 38.6 Å². The van der Waals surface area contributed by atoms with Crippen molar-refractivity contribution in [1.82, 2.24) is 15.5 Å². The lowest BCUT2D eigenvalue weighted by Crippen LogP contribution is -2.52. The molecule has 0 bridgehead atoms. The molecule has 1 aromatic rings. The Morgan fingerprint density at radius 3 is 2.74 bits per heavy atom. The average Bonchev–Trinajstić information content (AvgIpc) is 3.16. The second-order valence-corrected chi connectivity index (χ2v) is 8.49. The molecule has 27 heavy (non-hydrogen) atoms. The zero-order valence-corrected chi connectivity index (χ0v) is 17.4. The van der Waals surface area contributed by atoms with Crippen LogP contribution in [-0.4, -0.2) is 62.8 Å². The third-order valence-corrected chi connectivity index (χ3v) is 6.02. The molecular formula is C22H36N4O. The quantitative estimate of drug-likeness (QED) is 0.595. The Balaban J connectivity index is 1.46. The van der Waals surface area contributed by atoms with Gasteiger partial charge in [-0.15, -0.1) is 0 Å². The van der Waals surface area contributed by atoms with Crippen LogP contribution >= 0.6 is 0 Å². The number of hydrogen-bond acceptors (Lipinski definition) is 3. The van der Waals surface area contributed by atoms with Crippen LogP contribution in [0.1, 0.15) is 44.7 Å². The van der Waals surface area contributed by atoms with Crippen molar-refractivity contribution in [2.24, 2.45) is 4.99 Å². The Morgan fingerprint density at radius 1 is 1.26 bits per heavy atom. The van der Waals surface area contributed by atoms with Gasteiger partial charge in [0.15, 0.2) is 5.96 Å². The fourth-order valence-electron chi connectivity index (χ4n) is 4.04. The van der Waals surface area contributed by atoms with Gasteiger partial charge in [-0.3, -0.25) is 9.89 Å². The average molecular weight is 373 g/mol. The molecular weight excluding hydrogens is 336 g/mol. The number of aryl methyl sites for hydroxylation is 1. The standard InChI is InChI=1S/C22H36N4O/c1-5-17-8-10-18(11-9-17)22(2,3)16-25-21(23-4)24-13-20-14-26-12-6-7-19(26)15-27-20/h8-11,19-20H,5-7,12-16H2,1-4H3,(H2,23,24,25). The highest BCUT2D eigenvalue weighted by Gasteiger charge is 2.32. The molecule has 2 fully saturated rings. The number of guanidine groups is 1. The molecule has 0 amide bonds. The first-order valence-corrected chi connectivity index (χ1v) is 10.4. The number of hydrogen-bond donors (Lipinski definition) is 2. The highest BCUT2D eigenvalue weighted by Crippen LogP contribution is 2.23. The molecule has 0 aliphatic carbocycles. The van der Waals surface area contributed by atoms with Gasteiger partial charge in [0.25, 0.3) is 0 Å². The number of nitrogens with zero attached hydrogens (tertiary/aromatic N) is 2. The Labute approximate surface area is 164 Å². The van der Waals surface area contributed by atoms with Crippen molar-refractivity contribution >= 4 is 5.96 Å². The van der Waals surface area contributed by atoms with E-state index in [9.17, 15) is 0 Å². The van der Waals surface area contributed by atoms with E-state index in [0.29, 0.717) is 6.04 Å². The molecule has 0 saturated carbocycles. The first-order valence-electron chi connectivity index (χ1n) is 10.4. The highest BCUT2D eigenvalue weighted by atomic mass is 16.5. The summed E-state index contributed by atoms with van der Waals surface area (Å²) in [5, 5.41) is 6.94. The van der Waals surface area contributed by atoms with Crippen LogP contribution in [0.15, 0.2) is 29.3 Å². The molecule has 1 aromatic carbocycles. The minimum absolute atomic E-state index is 0.0357. The molecule has 0 aromatic heterocycles. The summed E-state index contributed by atoms with van der Waals surface area (Å²) in [6, 6.07) is 9.61. The van der Waals surface area contributed by atoms with Crippen LogP contribution in [0, 0.1) is 0 Å². The maximum absolute atomic E-state index is 6.04. The highest BCUT2D eigenvalue weighted by molar-refractivity contribution is 5.79. The summed E-state index contributed by atoms with van der Waals surface area (Å²) in [6.45, 7) is 11.5. The van der Waals surface area contributed by atoms with E-state index >= 15 is 0 Å². The lowest BCUT2D eigenvalue weighted by Gasteiger charge is -2.35. The molecule has 2 heterocycles. The van der Waals surface area contributed by atoms with Gasteiger partial charge in [0.05, 0.1) is 12.7 Å². The topological polar surface area (TPSA) is 48.9 Å². The smallest absolute Gasteiger partial charge is 0.191 e. The summed E-state index contributed by atoms with van der Waals surface area (Å²) in [4.78, 5) is 6.97. The van der Waals surface area contributed by atoms with Gasteiger partial charge in [0, 0.05) is 38.1 Å². The van der Waals surface area contributed by atoms with Crippen LogP contribution in [-0.2, 0) is 16.6 Å². The molecule has 150 valence electrons. The summed E-state index contributed by atoms with van der Waals surface area (Å²) in [7, 11) is 1.83. The predicted molar refractivity (Wildman–Crippen MR) is 113 cm³/mol. The van der Waals surface area contributed by atoms with Crippen molar-refractivity contribution in [3.05, 3.63) is 35.4 Å². The number of aliphatic imine (C=N–C) groups is 1. The van der Waals surface area contributed by atoms with Crippen molar-refractivity contribution < 1.29 is 4.74 Å². The van der Waals surface area contributed by atoms with E-state index in [-0.39, 0.29) is 11.5 Å². The fraction of sp³-hybridized carbons (Fsp3) is 0.682. The zero-order valence-electron chi connectivity index (χ0n) is 17.4. The van der Waals surface area contributed by atoms with Crippen molar-refractivity contribution in [1.29, 1.82) is 0 Å². The number of nitrogens with one attached hydrogen (secondary N) is 2. The lowest BCUT2D eigenvalue weighted by atomic mass is 9.84. The summed E-state index contributed by atoms with van der Waals surface area (Å²) in [5.41, 5.74) is 2.76. The van der Waals surface area contributed by atoms with Crippen LogP contribution < -0.4 is 10.6 Å². The first kappa shape index (κ1) is 20.2. The van der Waals surface area contributed by atoms with Gasteiger partial charge in [-0.25, -0.2) is 0 Å². The second kappa shape index (κ2) is 9.07. The monoisotopic (exact) mass is 372 g/mol. The Hall–Kier alpha value is -1.59. The molecule has 5 nitrogen and oxygen atoms in total. The van der Waals surface area contributed by atoms with E-state index in [1.54, 1.807) is 0 Å². The molecule has 0 spiro atoms. The maximum Gasteiger partial charge on any atom is 0.191 e. The third-order valence-electron chi connectivity index (χ3n) is 6.02. The summed E-state index contributed by atoms with van der Waals surface area (Å²) in [5.74, 6) is 0.848. The largest absolute Gasteiger partial charge is 0.373 e. The summed E-state index contributed by atoms with van der Waals surface area (Å²) >= 11 is 0. The Bertz CT molecular complexity index is 626. The van der Waals surface area contributed by atoms with Gasteiger partial charge >= 0.3 is 0 Å². The van der Waals surface area contributed by atoms with Crippen LogP contribution in [0.5, 0.6) is 0 Å². The SMILES string of the molecule is CCc1ccc(C(C)(C)CNC(=NC)NCC2CN3CCCC3CO2)cc1. The molecule has 2 saturated heterocycles. The van der Waals surface area contributed by atoms with E-state index < -0.39 is 0 Å². The van der Waals surface area contributed by atoms with Gasteiger partial charge < -0.3 is 15.4 Å². The summed E-state index contributed by atoms with van der Waals surface area (Å²) in [6.07, 6.45) is 3.92. The van der Waals surface area contributed by atoms with Gasteiger partial charge in [-0.05, 0) is 36.9 Å². The minimum Gasteiger partial charge on any atom is -0.373 e. The predicted octanol–water partition coefficient (Wildman–Crippen LogP) is 2.55. The van der Waals surface area contributed by atoms with E-state index in [4.69, 9.17) is 4.74 Å². The van der Waals surface area contributed by atoms with Gasteiger partial charge in [-0.2, -0.15) is 0 Å². The number of ether oxygens (including phenoxy) is 1. The van der Waals surface area contributed by atoms with Gasteiger partial charge in [0.2, 0.25) is 0 Å². The molecule has 2 atom stereocenters. The second-order valence-electron chi connectivity index (χ2n) is 8.49. The molecule has 2 unspecified atom stereocenters. The van der Waals surface area contributed by atoms with E-state index in [1.165, 1.54) is 30.5 Å². The van der Waals surface area contributed by atoms with Crippen LogP contribution in [0.2, 0.25) is 0 Å². The minimum atomic E-state index is 0.0357. The maximum atomic E-state index is 6.04.